The van der Waals surface area contributed by atoms with E-state index in [0.717, 1.165) is 11.1 Å². The first kappa shape index (κ1) is 20.5. The number of esters is 2. The summed E-state index contributed by atoms with van der Waals surface area (Å²) < 4.78 is 23.1. The second kappa shape index (κ2) is 8.19. The lowest BCUT2D eigenvalue weighted by Crippen LogP contribution is -2.56. The average molecular weight is 425 g/mol. The van der Waals surface area contributed by atoms with Crippen LogP contribution in [0.5, 0.6) is 0 Å². The molecule has 1 fully saturated rings. The SMILES string of the molecule is COC(=O)[C@H]1[C@H]2C=C[C@H](C2)[C@]1(C(=O)OCc1ccccc1)[S@@](=O)c1ccc(C)cc1. The molecule has 5 atom stereocenters. The molecule has 30 heavy (non-hydrogen) atoms. The third kappa shape index (κ3) is 3.29. The van der Waals surface area contributed by atoms with Gasteiger partial charge >= 0.3 is 11.9 Å². The van der Waals surface area contributed by atoms with Gasteiger partial charge in [-0.1, -0.05) is 60.2 Å². The van der Waals surface area contributed by atoms with E-state index in [4.69, 9.17) is 9.47 Å². The molecule has 2 aromatic rings. The minimum absolute atomic E-state index is 0.0571. The van der Waals surface area contributed by atoms with Gasteiger partial charge in [-0.05, 0) is 37.0 Å². The summed E-state index contributed by atoms with van der Waals surface area (Å²) in [5.74, 6) is -2.53. The molecule has 5 nitrogen and oxygen atoms in total. The molecule has 0 radical (unpaired) electrons. The number of fused-ring (bicyclic) bond motifs is 2. The monoisotopic (exact) mass is 424 g/mol. The molecular weight excluding hydrogens is 400 g/mol. The summed E-state index contributed by atoms with van der Waals surface area (Å²) >= 11 is 0. The average Bonchev–Trinajstić information content (AvgIpc) is 3.38. The zero-order chi connectivity index (χ0) is 21.3. The van der Waals surface area contributed by atoms with Gasteiger partial charge in [0.25, 0.3) is 0 Å². The molecule has 2 aromatic carbocycles. The van der Waals surface area contributed by atoms with E-state index < -0.39 is 33.4 Å². The van der Waals surface area contributed by atoms with Crippen molar-refractivity contribution in [3.05, 3.63) is 77.9 Å². The zero-order valence-corrected chi connectivity index (χ0v) is 17.8. The third-order valence-electron chi connectivity index (χ3n) is 6.09. The molecule has 6 heteroatoms. The molecule has 2 bridgehead atoms. The van der Waals surface area contributed by atoms with Crippen molar-refractivity contribution in [3.8, 4) is 0 Å². The van der Waals surface area contributed by atoms with Gasteiger partial charge in [0.05, 0.1) is 23.8 Å². The van der Waals surface area contributed by atoms with E-state index >= 15 is 0 Å². The highest BCUT2D eigenvalue weighted by Crippen LogP contribution is 2.56. The second-order valence-electron chi connectivity index (χ2n) is 7.83. The fraction of sp³-hybridized carbons (Fsp3) is 0.333. The highest BCUT2D eigenvalue weighted by Gasteiger charge is 2.68. The van der Waals surface area contributed by atoms with Gasteiger partial charge in [-0.25, -0.2) is 0 Å². The van der Waals surface area contributed by atoms with Crippen LogP contribution in [0.2, 0.25) is 0 Å². The molecule has 0 spiro atoms. The van der Waals surface area contributed by atoms with Crippen molar-refractivity contribution in [2.45, 2.75) is 29.6 Å². The van der Waals surface area contributed by atoms with Gasteiger partial charge in [-0.2, -0.15) is 0 Å². The molecular formula is C24H24O5S. The number of hydrogen-bond acceptors (Lipinski definition) is 5. The number of carbonyl (C=O) groups is 2. The van der Waals surface area contributed by atoms with E-state index in [0.29, 0.717) is 11.3 Å². The molecule has 0 N–H and O–H groups in total. The highest BCUT2D eigenvalue weighted by atomic mass is 32.2. The minimum atomic E-state index is -1.79. The van der Waals surface area contributed by atoms with Crippen LogP contribution in [-0.2, 0) is 36.5 Å². The minimum Gasteiger partial charge on any atom is -0.469 e. The van der Waals surface area contributed by atoms with Crippen LogP contribution in [0.4, 0.5) is 0 Å². The molecule has 4 rings (SSSR count). The number of hydrogen-bond donors (Lipinski definition) is 0. The van der Waals surface area contributed by atoms with Crippen LogP contribution in [0.25, 0.3) is 0 Å². The van der Waals surface area contributed by atoms with Crippen LogP contribution < -0.4 is 0 Å². The van der Waals surface area contributed by atoms with Crippen LogP contribution in [0.1, 0.15) is 17.5 Å². The van der Waals surface area contributed by atoms with E-state index in [1.807, 2.05) is 61.5 Å². The molecule has 156 valence electrons. The molecule has 0 amide bonds. The van der Waals surface area contributed by atoms with Crippen molar-refractivity contribution >= 4 is 22.7 Å². The van der Waals surface area contributed by atoms with Gasteiger partial charge in [0.15, 0.2) is 4.75 Å². The highest BCUT2D eigenvalue weighted by molar-refractivity contribution is 7.87. The molecule has 2 aliphatic rings. The fourth-order valence-corrected chi connectivity index (χ4v) is 6.55. The summed E-state index contributed by atoms with van der Waals surface area (Å²) in [6, 6.07) is 16.5. The van der Waals surface area contributed by atoms with Gasteiger partial charge in [-0.3, -0.25) is 13.8 Å². The Morgan fingerprint density at radius 3 is 2.43 bits per heavy atom. The number of allylic oxidation sites excluding steroid dienone is 2. The van der Waals surface area contributed by atoms with Crippen molar-refractivity contribution in [1.82, 2.24) is 0 Å². The van der Waals surface area contributed by atoms with Crippen LogP contribution in [0, 0.1) is 24.7 Å². The Labute approximate surface area is 178 Å². The van der Waals surface area contributed by atoms with E-state index in [-0.39, 0.29) is 18.4 Å². The van der Waals surface area contributed by atoms with E-state index in [1.54, 1.807) is 12.1 Å². The van der Waals surface area contributed by atoms with E-state index in [2.05, 4.69) is 0 Å². The quantitative estimate of drug-likeness (QED) is 0.524. The van der Waals surface area contributed by atoms with Crippen LogP contribution in [-0.4, -0.2) is 28.0 Å². The summed E-state index contributed by atoms with van der Waals surface area (Å²) in [6.45, 7) is 2.00. The smallest absolute Gasteiger partial charge is 0.327 e. The maximum Gasteiger partial charge on any atom is 0.327 e. The number of aryl methyl sites for hydroxylation is 1. The predicted octanol–water partition coefficient (Wildman–Crippen LogP) is 3.58. The molecule has 0 heterocycles. The number of carbonyl (C=O) groups excluding carboxylic acids is 2. The molecule has 0 aromatic heterocycles. The Morgan fingerprint density at radius 2 is 1.77 bits per heavy atom. The Balaban J connectivity index is 1.75. The maximum absolute atomic E-state index is 13.9. The normalized spacial score (nSPS) is 27.6. The summed E-state index contributed by atoms with van der Waals surface area (Å²) in [6.07, 6.45) is 4.42. The fourth-order valence-electron chi connectivity index (χ4n) is 4.62. The number of benzene rings is 2. The first-order chi connectivity index (χ1) is 14.5. The van der Waals surface area contributed by atoms with Crippen LogP contribution >= 0.6 is 0 Å². The topological polar surface area (TPSA) is 69.7 Å². The lowest BCUT2D eigenvalue weighted by atomic mass is 9.82. The van der Waals surface area contributed by atoms with E-state index in [1.165, 1.54) is 7.11 Å². The molecule has 2 aliphatic carbocycles. The van der Waals surface area contributed by atoms with Crippen molar-refractivity contribution < 1.29 is 23.3 Å². The molecule has 0 aliphatic heterocycles. The first-order valence-corrected chi connectivity index (χ1v) is 11.1. The second-order valence-corrected chi connectivity index (χ2v) is 9.51. The lowest BCUT2D eigenvalue weighted by Gasteiger charge is -2.37. The maximum atomic E-state index is 13.9. The van der Waals surface area contributed by atoms with Gasteiger partial charge in [-0.15, -0.1) is 0 Å². The largest absolute Gasteiger partial charge is 0.469 e. The van der Waals surface area contributed by atoms with Crippen molar-refractivity contribution in [1.29, 1.82) is 0 Å². The van der Waals surface area contributed by atoms with E-state index in [9.17, 15) is 13.8 Å². The third-order valence-corrected chi connectivity index (χ3v) is 8.12. The number of methoxy groups -OCH3 is 1. The van der Waals surface area contributed by atoms with Crippen molar-refractivity contribution in [3.63, 3.8) is 0 Å². The predicted molar refractivity (Wildman–Crippen MR) is 113 cm³/mol. The Bertz CT molecular complexity index is 998. The number of rotatable bonds is 6. The number of ether oxygens (including phenoxy) is 2. The summed E-state index contributed by atoms with van der Waals surface area (Å²) in [7, 11) is -0.493. The summed E-state index contributed by atoms with van der Waals surface area (Å²) in [4.78, 5) is 26.9. The molecule has 0 saturated heterocycles. The molecule has 1 saturated carbocycles. The Morgan fingerprint density at radius 1 is 1.07 bits per heavy atom. The van der Waals surface area contributed by atoms with Gasteiger partial charge in [0, 0.05) is 10.8 Å². The van der Waals surface area contributed by atoms with Gasteiger partial charge in [0.2, 0.25) is 0 Å². The standard InChI is InChI=1S/C24H24O5S/c1-16-8-12-20(13-9-16)30(27)24(23(26)29-15-17-6-4-3-5-7-17)19-11-10-18(14-19)21(24)22(25)28-2/h3-13,18-19,21H,14-15H2,1-2H3/t18-,19+,21+,24-,30-/m0/s1. The Hall–Kier alpha value is -2.73. The molecule has 0 unspecified atom stereocenters. The van der Waals surface area contributed by atoms with Crippen LogP contribution in [0.3, 0.4) is 0 Å². The van der Waals surface area contributed by atoms with Crippen molar-refractivity contribution in [2.75, 3.05) is 7.11 Å². The van der Waals surface area contributed by atoms with Crippen molar-refractivity contribution in [2.24, 2.45) is 17.8 Å². The summed E-state index contributed by atoms with van der Waals surface area (Å²) in [5.41, 5.74) is 1.85. The summed E-state index contributed by atoms with van der Waals surface area (Å²) in [5, 5.41) is 0. The zero-order valence-electron chi connectivity index (χ0n) is 16.9. The first-order valence-electron chi connectivity index (χ1n) is 9.94. The Kier molecular flexibility index (Phi) is 5.60. The van der Waals surface area contributed by atoms with Crippen LogP contribution in [0.15, 0.2) is 71.6 Å². The lowest BCUT2D eigenvalue weighted by molar-refractivity contribution is -0.158. The van der Waals surface area contributed by atoms with Gasteiger partial charge in [0.1, 0.15) is 6.61 Å². The van der Waals surface area contributed by atoms with Gasteiger partial charge < -0.3 is 9.47 Å².